The Kier molecular flexibility index (Phi) is 6.67. The van der Waals surface area contributed by atoms with E-state index in [9.17, 15) is 14.4 Å². The van der Waals surface area contributed by atoms with E-state index in [1.165, 1.54) is 24.5 Å². The van der Waals surface area contributed by atoms with Gasteiger partial charge in [0.05, 0.1) is 46.4 Å². The number of thiazole rings is 1. The number of carbonyl (C=O) groups is 3. The first-order chi connectivity index (χ1) is 18.1. The van der Waals surface area contributed by atoms with Gasteiger partial charge in [-0.25, -0.2) is 9.50 Å². The van der Waals surface area contributed by atoms with Crippen molar-refractivity contribution in [3.63, 3.8) is 0 Å². The summed E-state index contributed by atoms with van der Waals surface area (Å²) in [5.74, 6) is -0.213. The van der Waals surface area contributed by atoms with Gasteiger partial charge >= 0.3 is 0 Å². The van der Waals surface area contributed by atoms with Gasteiger partial charge in [-0.05, 0) is 36.1 Å². The van der Waals surface area contributed by atoms with Crippen LogP contribution >= 0.6 is 11.3 Å². The third-order valence-electron chi connectivity index (χ3n) is 6.08. The highest BCUT2D eigenvalue weighted by molar-refractivity contribution is 7.21. The first-order valence-corrected chi connectivity index (χ1v) is 12.9. The molecule has 0 radical (unpaired) electrons. The van der Waals surface area contributed by atoms with Gasteiger partial charge in [0, 0.05) is 32.4 Å². The molecule has 3 amide bonds. The van der Waals surface area contributed by atoms with E-state index >= 15 is 0 Å². The predicted octanol–water partition coefficient (Wildman–Crippen LogP) is 3.65. The van der Waals surface area contributed by atoms with Crippen LogP contribution in [0.2, 0.25) is 0 Å². The number of fused-ring (bicyclic) bond motifs is 1. The molecule has 12 heteroatoms. The van der Waals surface area contributed by atoms with E-state index in [0.29, 0.717) is 39.8 Å². The van der Waals surface area contributed by atoms with Crippen molar-refractivity contribution in [2.45, 2.75) is 27.7 Å². The molecule has 1 aliphatic heterocycles. The molecule has 5 heterocycles. The van der Waals surface area contributed by atoms with E-state index in [4.69, 9.17) is 0 Å². The topological polar surface area (TPSA) is 134 Å². The lowest BCUT2D eigenvalue weighted by Gasteiger charge is -2.45. The summed E-state index contributed by atoms with van der Waals surface area (Å²) in [7, 11) is 0. The van der Waals surface area contributed by atoms with Crippen LogP contribution in [0.25, 0.3) is 15.3 Å². The maximum Gasteiger partial charge on any atom is 0.260 e. The van der Waals surface area contributed by atoms with Crippen LogP contribution in [0, 0.1) is 12.3 Å². The quantitative estimate of drug-likeness (QED) is 0.331. The first-order valence-electron chi connectivity index (χ1n) is 12.1. The lowest BCUT2D eigenvalue weighted by molar-refractivity contribution is -0.120. The maximum absolute atomic E-state index is 13.2. The van der Waals surface area contributed by atoms with Crippen molar-refractivity contribution >= 4 is 51.1 Å². The highest BCUT2D eigenvalue weighted by Gasteiger charge is 2.34. The van der Waals surface area contributed by atoms with Crippen molar-refractivity contribution in [3.8, 4) is 10.4 Å². The average molecular weight is 533 g/mol. The normalized spacial score (nSPS) is 14.6. The van der Waals surface area contributed by atoms with Gasteiger partial charge in [0.2, 0.25) is 11.8 Å². The number of likely N-dealkylation sites (tertiary alicyclic amines) is 1. The van der Waals surface area contributed by atoms with E-state index < -0.39 is 0 Å². The largest absolute Gasteiger partial charge is 0.324 e. The molecule has 0 atom stereocenters. The van der Waals surface area contributed by atoms with Gasteiger partial charge in [-0.2, -0.15) is 5.10 Å². The molecule has 11 nitrogen and oxygen atoms in total. The molecule has 0 spiro atoms. The molecule has 5 rings (SSSR count). The summed E-state index contributed by atoms with van der Waals surface area (Å²) in [6.07, 6.45) is 6.54. The molecule has 1 fully saturated rings. The second kappa shape index (κ2) is 9.95. The Hall–Kier alpha value is -4.16. The fourth-order valence-corrected chi connectivity index (χ4v) is 5.56. The Morgan fingerprint density at radius 2 is 1.87 bits per heavy atom. The molecule has 0 saturated carbocycles. The van der Waals surface area contributed by atoms with Gasteiger partial charge in [0.25, 0.3) is 5.91 Å². The van der Waals surface area contributed by atoms with Crippen molar-refractivity contribution in [2.75, 3.05) is 35.6 Å². The van der Waals surface area contributed by atoms with Gasteiger partial charge in [0.1, 0.15) is 10.6 Å². The Bertz CT molecular complexity index is 1550. The highest BCUT2D eigenvalue weighted by Crippen LogP contribution is 2.32. The summed E-state index contributed by atoms with van der Waals surface area (Å²) in [6, 6.07) is 5.30. The molecule has 0 bridgehead atoms. The van der Waals surface area contributed by atoms with E-state index in [1.807, 2.05) is 12.3 Å². The molecule has 3 N–H and O–H groups in total. The van der Waals surface area contributed by atoms with E-state index in [-0.39, 0.29) is 23.1 Å². The van der Waals surface area contributed by atoms with Crippen molar-refractivity contribution in [3.05, 3.63) is 54.2 Å². The summed E-state index contributed by atoms with van der Waals surface area (Å²) in [6.45, 7) is 9.65. The van der Waals surface area contributed by atoms with Crippen LogP contribution in [0.15, 0.2) is 43.0 Å². The second-order valence-electron chi connectivity index (χ2n) is 10.2. The van der Waals surface area contributed by atoms with E-state index in [1.54, 1.807) is 36.0 Å². The number of nitrogens with zero attached hydrogens (tertiary/aromatic N) is 5. The number of hydrogen-bond acceptors (Lipinski definition) is 8. The summed E-state index contributed by atoms with van der Waals surface area (Å²) < 4.78 is 1.65. The summed E-state index contributed by atoms with van der Waals surface area (Å²) in [4.78, 5) is 49.2. The average Bonchev–Trinajstić information content (AvgIpc) is 3.41. The van der Waals surface area contributed by atoms with Crippen molar-refractivity contribution < 1.29 is 14.4 Å². The third kappa shape index (κ3) is 5.55. The maximum atomic E-state index is 13.2. The van der Waals surface area contributed by atoms with E-state index in [0.717, 1.165) is 23.5 Å². The molecule has 38 heavy (non-hydrogen) atoms. The zero-order chi connectivity index (χ0) is 27.0. The minimum Gasteiger partial charge on any atom is -0.324 e. The molecule has 0 unspecified atom stereocenters. The Labute approximate surface area is 223 Å². The lowest BCUT2D eigenvalue weighted by atomic mass is 9.84. The zero-order valence-corrected chi connectivity index (χ0v) is 22.3. The minimum atomic E-state index is -0.335. The Morgan fingerprint density at radius 3 is 2.61 bits per heavy atom. The molecule has 0 aliphatic carbocycles. The molecule has 4 aromatic heterocycles. The standard InChI is InChI=1S/C26H28N8O3S/c1-15-20(8-18(9-28-15)31-23(36)12-33-13-26(3,4)14-33)32-24(37)19-10-29-34-11-21(38-25(19)34)17-5-6-27-22(7-17)30-16(2)35/h5-11H,12-14H2,1-4H3,(H,31,36)(H,32,37)(H,27,30,35). The van der Waals surface area contributed by atoms with Gasteiger partial charge in [-0.3, -0.25) is 24.3 Å². The smallest absolute Gasteiger partial charge is 0.260 e. The van der Waals surface area contributed by atoms with Crippen LogP contribution in [-0.4, -0.2) is 61.8 Å². The first kappa shape index (κ1) is 25.5. The zero-order valence-electron chi connectivity index (χ0n) is 21.5. The van der Waals surface area contributed by atoms with Crippen molar-refractivity contribution in [1.82, 2.24) is 24.5 Å². The molecule has 1 saturated heterocycles. The van der Waals surface area contributed by atoms with Crippen LogP contribution in [0.5, 0.6) is 0 Å². The monoisotopic (exact) mass is 532 g/mol. The van der Waals surface area contributed by atoms with Gasteiger partial charge in [-0.1, -0.05) is 13.8 Å². The van der Waals surface area contributed by atoms with E-state index in [2.05, 4.69) is 49.8 Å². The number of rotatable bonds is 7. The number of aromatic nitrogens is 4. The number of anilines is 3. The molecule has 196 valence electrons. The Morgan fingerprint density at radius 1 is 1.08 bits per heavy atom. The lowest BCUT2D eigenvalue weighted by Crippen LogP contribution is -2.54. The van der Waals surface area contributed by atoms with Crippen LogP contribution < -0.4 is 16.0 Å². The van der Waals surface area contributed by atoms with Gasteiger partial charge < -0.3 is 16.0 Å². The van der Waals surface area contributed by atoms with Crippen LogP contribution in [0.4, 0.5) is 17.2 Å². The SMILES string of the molecule is CC(=O)Nc1cc(-c2cn3ncc(C(=O)Nc4cc(NC(=O)CN5CC(C)(C)C5)cnc4C)c3s2)ccn1. The predicted molar refractivity (Wildman–Crippen MR) is 146 cm³/mol. The number of amides is 3. The molecular formula is C26H28N8O3S. The van der Waals surface area contributed by atoms with Crippen molar-refractivity contribution in [1.29, 1.82) is 0 Å². The number of nitrogens with one attached hydrogen (secondary N) is 3. The molecular weight excluding hydrogens is 504 g/mol. The minimum absolute atomic E-state index is 0.120. The summed E-state index contributed by atoms with van der Waals surface area (Å²) >= 11 is 1.40. The fraction of sp³-hybridized carbons (Fsp3) is 0.308. The van der Waals surface area contributed by atoms with Crippen LogP contribution in [0.1, 0.15) is 36.8 Å². The third-order valence-corrected chi connectivity index (χ3v) is 7.24. The number of carbonyl (C=O) groups excluding carboxylic acids is 3. The number of hydrogen-bond donors (Lipinski definition) is 3. The van der Waals surface area contributed by atoms with Gasteiger partial charge in [0.15, 0.2) is 0 Å². The summed E-state index contributed by atoms with van der Waals surface area (Å²) in [5.41, 5.74) is 3.14. The second-order valence-corrected chi connectivity index (χ2v) is 11.2. The highest BCUT2D eigenvalue weighted by atomic mass is 32.1. The fourth-order valence-electron chi connectivity index (χ4n) is 4.51. The van der Waals surface area contributed by atoms with Crippen LogP contribution in [-0.2, 0) is 9.59 Å². The number of pyridine rings is 2. The van der Waals surface area contributed by atoms with Gasteiger partial charge in [-0.15, -0.1) is 11.3 Å². The van der Waals surface area contributed by atoms with Crippen LogP contribution in [0.3, 0.4) is 0 Å². The van der Waals surface area contributed by atoms with Crippen molar-refractivity contribution in [2.24, 2.45) is 5.41 Å². The Balaban J connectivity index is 1.30. The molecule has 0 aromatic carbocycles. The summed E-state index contributed by atoms with van der Waals surface area (Å²) in [5, 5.41) is 12.8. The molecule has 1 aliphatic rings. The number of aryl methyl sites for hydroxylation is 1. The molecule has 4 aromatic rings.